The number of nitrogens with one attached hydrogen (secondary N) is 1. The number of amides is 4. The van der Waals surface area contributed by atoms with E-state index in [4.69, 9.17) is 0 Å². The fourth-order valence-electron chi connectivity index (χ4n) is 2.75. The quantitative estimate of drug-likeness (QED) is 0.796. The van der Waals surface area contributed by atoms with Gasteiger partial charge in [0, 0.05) is 0 Å². The van der Waals surface area contributed by atoms with E-state index in [0.717, 1.165) is 22.4 Å². The van der Waals surface area contributed by atoms with E-state index < -0.39 is 17.4 Å². The Morgan fingerprint density at radius 3 is 2.35 bits per heavy atom. The lowest BCUT2D eigenvalue weighted by atomic mass is 9.66. The monoisotopic (exact) mass is 272 g/mol. The number of nitrogens with zero attached hydrogens (tertiary/aromatic N) is 1. The van der Waals surface area contributed by atoms with Gasteiger partial charge in [-0.05, 0) is 49.9 Å². The largest absolute Gasteiger partial charge is 0.335 e. The molecule has 1 aromatic rings. The van der Waals surface area contributed by atoms with Gasteiger partial charge in [0.05, 0.1) is 5.69 Å². The highest BCUT2D eigenvalue weighted by Gasteiger charge is 2.57. The molecule has 4 amide bonds. The number of aryl methyl sites for hydroxylation is 2. The number of imide groups is 2. The summed E-state index contributed by atoms with van der Waals surface area (Å²) in [7, 11) is 0. The zero-order valence-corrected chi connectivity index (χ0v) is 11.5. The van der Waals surface area contributed by atoms with Crippen LogP contribution >= 0.6 is 0 Å². The van der Waals surface area contributed by atoms with Crippen LogP contribution in [0.5, 0.6) is 0 Å². The molecule has 0 radical (unpaired) electrons. The van der Waals surface area contributed by atoms with E-state index in [1.165, 1.54) is 0 Å². The van der Waals surface area contributed by atoms with Crippen molar-refractivity contribution in [3.8, 4) is 0 Å². The van der Waals surface area contributed by atoms with Gasteiger partial charge in [-0.2, -0.15) is 0 Å². The Bertz CT molecular complexity index is 632. The van der Waals surface area contributed by atoms with Gasteiger partial charge in [0.1, 0.15) is 5.41 Å². The van der Waals surface area contributed by atoms with Crippen LogP contribution in [0.2, 0.25) is 0 Å². The Labute approximate surface area is 116 Å². The highest BCUT2D eigenvalue weighted by Crippen LogP contribution is 2.45. The molecule has 1 saturated carbocycles. The molecule has 1 heterocycles. The van der Waals surface area contributed by atoms with Crippen LogP contribution in [0.3, 0.4) is 0 Å². The number of carbonyl (C=O) groups excluding carboxylic acids is 3. The molecular formula is C15H16N2O3. The Kier molecular flexibility index (Phi) is 2.67. The third-order valence-electron chi connectivity index (χ3n) is 4.43. The molecule has 1 saturated heterocycles. The first-order valence-corrected chi connectivity index (χ1v) is 6.73. The van der Waals surface area contributed by atoms with Gasteiger partial charge < -0.3 is 0 Å². The minimum absolute atomic E-state index is 0.388. The van der Waals surface area contributed by atoms with Crippen molar-refractivity contribution >= 4 is 23.5 Å². The van der Waals surface area contributed by atoms with Crippen molar-refractivity contribution in [3.05, 3.63) is 29.3 Å². The molecule has 0 unspecified atom stereocenters. The third kappa shape index (κ3) is 1.59. The van der Waals surface area contributed by atoms with E-state index in [0.29, 0.717) is 18.5 Å². The summed E-state index contributed by atoms with van der Waals surface area (Å²) in [6.45, 7) is 3.89. The van der Waals surface area contributed by atoms with Crippen molar-refractivity contribution < 1.29 is 14.4 Å². The maximum absolute atomic E-state index is 12.6. The maximum Gasteiger partial charge on any atom is 0.335 e. The van der Waals surface area contributed by atoms with Gasteiger partial charge in [-0.25, -0.2) is 9.69 Å². The van der Waals surface area contributed by atoms with Crippen LogP contribution in [-0.2, 0) is 9.59 Å². The fourth-order valence-corrected chi connectivity index (χ4v) is 2.75. The number of carbonyl (C=O) groups is 3. The van der Waals surface area contributed by atoms with Crippen LogP contribution in [-0.4, -0.2) is 17.8 Å². The molecule has 2 fully saturated rings. The van der Waals surface area contributed by atoms with E-state index in [1.807, 2.05) is 19.9 Å². The van der Waals surface area contributed by atoms with E-state index in [2.05, 4.69) is 5.32 Å². The first-order chi connectivity index (χ1) is 9.45. The minimum Gasteiger partial charge on any atom is -0.276 e. The Hall–Kier alpha value is -2.17. The summed E-state index contributed by atoms with van der Waals surface area (Å²) >= 11 is 0. The molecule has 1 aromatic carbocycles. The summed E-state index contributed by atoms with van der Waals surface area (Å²) in [6, 6.07) is 4.76. The topological polar surface area (TPSA) is 66.5 Å². The SMILES string of the molecule is Cc1ccc(N2C(=O)NC(=O)C3(CCC3)C2=O)cc1C. The Morgan fingerprint density at radius 1 is 1.10 bits per heavy atom. The molecule has 1 aliphatic carbocycles. The van der Waals surface area contributed by atoms with Crippen molar-refractivity contribution in [2.45, 2.75) is 33.1 Å². The van der Waals surface area contributed by atoms with Crippen LogP contribution in [0.4, 0.5) is 10.5 Å². The predicted octanol–water partition coefficient (Wildman–Crippen LogP) is 2.06. The Balaban J connectivity index is 2.03. The fraction of sp³-hybridized carbons (Fsp3) is 0.400. The molecule has 0 atom stereocenters. The number of benzene rings is 1. The van der Waals surface area contributed by atoms with Crippen LogP contribution in [0.15, 0.2) is 18.2 Å². The van der Waals surface area contributed by atoms with Gasteiger partial charge >= 0.3 is 6.03 Å². The van der Waals surface area contributed by atoms with Crippen molar-refractivity contribution in [3.63, 3.8) is 0 Å². The molecule has 1 aliphatic heterocycles. The second kappa shape index (κ2) is 4.16. The first-order valence-electron chi connectivity index (χ1n) is 6.73. The van der Waals surface area contributed by atoms with Crippen molar-refractivity contribution in [1.82, 2.24) is 5.32 Å². The summed E-state index contributed by atoms with van der Waals surface area (Å²) in [4.78, 5) is 37.6. The van der Waals surface area contributed by atoms with Gasteiger partial charge in [0.25, 0.3) is 5.91 Å². The molecule has 20 heavy (non-hydrogen) atoms. The molecule has 5 nitrogen and oxygen atoms in total. The first kappa shape index (κ1) is 12.8. The lowest BCUT2D eigenvalue weighted by Crippen LogP contribution is -2.66. The Morgan fingerprint density at radius 2 is 1.80 bits per heavy atom. The number of barbiturate groups is 1. The summed E-state index contributed by atoms with van der Waals surface area (Å²) in [6.07, 6.45) is 1.88. The standard InChI is InChI=1S/C15H16N2O3/c1-9-4-5-11(8-10(9)2)17-13(19)15(6-3-7-15)12(18)16-14(17)20/h4-5,8H,3,6-7H2,1-2H3,(H,16,18,20). The molecule has 2 aliphatic rings. The number of hydrogen-bond acceptors (Lipinski definition) is 3. The van der Waals surface area contributed by atoms with Crippen molar-refractivity contribution in [2.24, 2.45) is 5.41 Å². The highest BCUT2D eigenvalue weighted by atomic mass is 16.2. The normalized spacial score (nSPS) is 20.9. The van der Waals surface area contributed by atoms with E-state index in [1.54, 1.807) is 12.1 Å². The molecular weight excluding hydrogens is 256 g/mol. The van der Waals surface area contributed by atoms with Crippen LogP contribution in [0, 0.1) is 19.3 Å². The van der Waals surface area contributed by atoms with Gasteiger partial charge in [0.2, 0.25) is 5.91 Å². The van der Waals surface area contributed by atoms with Crippen LogP contribution in [0.1, 0.15) is 30.4 Å². The summed E-state index contributed by atoms with van der Waals surface area (Å²) in [5.74, 6) is -0.834. The van der Waals surface area contributed by atoms with Gasteiger partial charge in [-0.15, -0.1) is 0 Å². The third-order valence-corrected chi connectivity index (χ3v) is 4.43. The zero-order valence-electron chi connectivity index (χ0n) is 11.5. The highest BCUT2D eigenvalue weighted by molar-refractivity contribution is 6.30. The second-order valence-corrected chi connectivity index (χ2v) is 5.60. The molecule has 1 N–H and O–H groups in total. The van der Waals surface area contributed by atoms with Crippen molar-refractivity contribution in [2.75, 3.05) is 4.90 Å². The van der Waals surface area contributed by atoms with E-state index >= 15 is 0 Å². The molecule has 3 rings (SSSR count). The molecule has 1 spiro atoms. The predicted molar refractivity (Wildman–Crippen MR) is 73.2 cm³/mol. The van der Waals surface area contributed by atoms with E-state index in [9.17, 15) is 14.4 Å². The second-order valence-electron chi connectivity index (χ2n) is 5.60. The number of rotatable bonds is 1. The summed E-state index contributed by atoms with van der Waals surface area (Å²) in [5, 5.41) is 2.31. The average Bonchev–Trinajstić information content (AvgIpc) is 2.31. The molecule has 104 valence electrons. The summed E-state index contributed by atoms with van der Waals surface area (Å²) < 4.78 is 0. The lowest BCUT2D eigenvalue weighted by Gasteiger charge is -2.44. The zero-order chi connectivity index (χ0) is 14.5. The number of hydrogen-bond donors (Lipinski definition) is 1. The van der Waals surface area contributed by atoms with Crippen LogP contribution < -0.4 is 10.2 Å². The maximum atomic E-state index is 12.6. The van der Waals surface area contributed by atoms with Crippen molar-refractivity contribution in [1.29, 1.82) is 0 Å². The molecule has 0 aromatic heterocycles. The minimum atomic E-state index is -1.02. The summed E-state index contributed by atoms with van der Waals surface area (Å²) in [5.41, 5.74) is 1.59. The lowest BCUT2D eigenvalue weighted by molar-refractivity contribution is -0.148. The van der Waals surface area contributed by atoms with Gasteiger partial charge in [-0.1, -0.05) is 12.5 Å². The number of urea groups is 1. The molecule has 5 heteroatoms. The van der Waals surface area contributed by atoms with E-state index in [-0.39, 0.29) is 5.91 Å². The van der Waals surface area contributed by atoms with Crippen LogP contribution in [0.25, 0.3) is 0 Å². The average molecular weight is 272 g/mol. The molecule has 0 bridgehead atoms. The smallest absolute Gasteiger partial charge is 0.276 e. The van der Waals surface area contributed by atoms with Gasteiger partial charge in [-0.3, -0.25) is 14.9 Å². The number of anilines is 1. The van der Waals surface area contributed by atoms with Gasteiger partial charge in [0.15, 0.2) is 0 Å².